The third-order valence-corrected chi connectivity index (χ3v) is 4.52. The Labute approximate surface area is 185 Å². The number of rotatable bonds is 7. The average Bonchev–Trinajstić information content (AvgIpc) is 3.17. The molecule has 1 amide bonds. The Hall–Kier alpha value is -3.16. The zero-order chi connectivity index (χ0) is 21.5. The van der Waals surface area contributed by atoms with Crippen molar-refractivity contribution in [3.8, 4) is 0 Å². The van der Waals surface area contributed by atoms with Crippen molar-refractivity contribution in [3.63, 3.8) is 0 Å². The van der Waals surface area contributed by atoms with Crippen molar-refractivity contribution >= 4 is 57.0 Å². The van der Waals surface area contributed by atoms with Gasteiger partial charge in [-0.15, -0.1) is 0 Å². The molecule has 0 aliphatic carbocycles. The SMILES string of the molecule is O=C(COC(=O)C=Cc1ccc(Br)o1)Nc1ccc(Cl)cc1C(=O)c1ccccc1. The van der Waals surface area contributed by atoms with Gasteiger partial charge >= 0.3 is 5.97 Å². The number of carbonyl (C=O) groups is 3. The molecule has 2 aromatic carbocycles. The fourth-order valence-electron chi connectivity index (χ4n) is 2.50. The first-order valence-electron chi connectivity index (χ1n) is 8.72. The van der Waals surface area contributed by atoms with Gasteiger partial charge in [-0.05, 0) is 52.3 Å². The third-order valence-electron chi connectivity index (χ3n) is 3.86. The zero-order valence-electron chi connectivity index (χ0n) is 15.4. The lowest BCUT2D eigenvalue weighted by molar-refractivity contribution is -0.142. The van der Waals surface area contributed by atoms with E-state index in [0.717, 1.165) is 6.08 Å². The van der Waals surface area contributed by atoms with Crippen molar-refractivity contribution in [1.82, 2.24) is 0 Å². The highest BCUT2D eigenvalue weighted by molar-refractivity contribution is 9.10. The minimum atomic E-state index is -0.714. The largest absolute Gasteiger partial charge is 0.452 e. The van der Waals surface area contributed by atoms with E-state index >= 15 is 0 Å². The lowest BCUT2D eigenvalue weighted by Gasteiger charge is -2.11. The minimum absolute atomic E-state index is 0.233. The molecule has 0 aliphatic heterocycles. The molecule has 0 saturated heterocycles. The van der Waals surface area contributed by atoms with Crippen molar-refractivity contribution in [2.75, 3.05) is 11.9 Å². The van der Waals surface area contributed by atoms with E-state index in [2.05, 4.69) is 21.2 Å². The molecule has 0 saturated carbocycles. The van der Waals surface area contributed by atoms with E-state index in [9.17, 15) is 14.4 Å². The first-order valence-corrected chi connectivity index (χ1v) is 9.89. The maximum atomic E-state index is 12.8. The second-order valence-electron chi connectivity index (χ2n) is 6.02. The van der Waals surface area contributed by atoms with E-state index in [0.29, 0.717) is 21.0 Å². The highest BCUT2D eigenvalue weighted by Crippen LogP contribution is 2.24. The Kier molecular flexibility index (Phi) is 7.21. The molecule has 0 aliphatic rings. The van der Waals surface area contributed by atoms with Gasteiger partial charge in [-0.3, -0.25) is 9.59 Å². The predicted molar refractivity (Wildman–Crippen MR) is 116 cm³/mol. The van der Waals surface area contributed by atoms with Crippen LogP contribution in [0.2, 0.25) is 5.02 Å². The van der Waals surface area contributed by atoms with Crippen molar-refractivity contribution in [2.24, 2.45) is 0 Å². The van der Waals surface area contributed by atoms with E-state index in [1.54, 1.807) is 48.5 Å². The Bertz CT molecular complexity index is 1110. The van der Waals surface area contributed by atoms with E-state index in [1.165, 1.54) is 18.2 Å². The van der Waals surface area contributed by atoms with Gasteiger partial charge in [-0.25, -0.2) is 4.79 Å². The normalized spacial score (nSPS) is 10.7. The van der Waals surface area contributed by atoms with Gasteiger partial charge in [0.15, 0.2) is 17.1 Å². The second kappa shape index (κ2) is 10.0. The Morgan fingerprint density at radius 1 is 1.07 bits per heavy atom. The molecule has 0 bridgehead atoms. The van der Waals surface area contributed by atoms with Crippen LogP contribution < -0.4 is 5.32 Å². The molecule has 152 valence electrons. The molecule has 1 heterocycles. The van der Waals surface area contributed by atoms with E-state index in [1.807, 2.05) is 0 Å². The fraction of sp³-hybridized carbons (Fsp3) is 0.0455. The molecular formula is C22H15BrClNO5. The molecule has 0 unspecified atom stereocenters. The van der Waals surface area contributed by atoms with Gasteiger partial charge in [0.25, 0.3) is 5.91 Å². The van der Waals surface area contributed by atoms with Crippen molar-refractivity contribution in [2.45, 2.75) is 0 Å². The van der Waals surface area contributed by atoms with Gasteiger partial charge in [-0.2, -0.15) is 0 Å². The molecule has 3 aromatic rings. The number of nitrogens with one attached hydrogen (secondary N) is 1. The first kappa shape index (κ1) is 21.5. The molecule has 0 fully saturated rings. The molecule has 0 spiro atoms. The summed E-state index contributed by atoms with van der Waals surface area (Å²) < 4.78 is 10.7. The average molecular weight is 489 g/mol. The number of esters is 1. The minimum Gasteiger partial charge on any atom is -0.452 e. The lowest BCUT2D eigenvalue weighted by atomic mass is 10.0. The van der Waals surface area contributed by atoms with Crippen LogP contribution in [0.5, 0.6) is 0 Å². The standard InChI is InChI=1S/C22H15BrClNO5/c23-19-10-7-16(30-19)8-11-21(27)29-13-20(26)25-18-9-6-15(24)12-17(18)22(28)14-4-2-1-3-5-14/h1-12H,13H2,(H,25,26). The van der Waals surface area contributed by atoms with Gasteiger partial charge in [0.1, 0.15) is 5.76 Å². The Morgan fingerprint density at radius 3 is 2.53 bits per heavy atom. The first-order chi connectivity index (χ1) is 14.4. The molecule has 0 atom stereocenters. The summed E-state index contributed by atoms with van der Waals surface area (Å²) >= 11 is 9.18. The highest BCUT2D eigenvalue weighted by atomic mass is 79.9. The van der Waals surface area contributed by atoms with E-state index in [-0.39, 0.29) is 17.0 Å². The number of halogens is 2. The maximum absolute atomic E-state index is 12.8. The fourth-order valence-corrected chi connectivity index (χ4v) is 2.99. The van der Waals surface area contributed by atoms with Crippen molar-refractivity contribution in [1.29, 1.82) is 0 Å². The molecule has 6 nitrogen and oxygen atoms in total. The van der Waals surface area contributed by atoms with E-state index < -0.39 is 18.5 Å². The maximum Gasteiger partial charge on any atom is 0.331 e. The molecule has 1 aromatic heterocycles. The third kappa shape index (κ3) is 5.92. The zero-order valence-corrected chi connectivity index (χ0v) is 17.8. The number of ketones is 1. The smallest absolute Gasteiger partial charge is 0.331 e. The van der Waals surface area contributed by atoms with Crippen LogP contribution in [0.4, 0.5) is 5.69 Å². The van der Waals surface area contributed by atoms with Crippen LogP contribution in [0.1, 0.15) is 21.7 Å². The Morgan fingerprint density at radius 2 is 1.83 bits per heavy atom. The second-order valence-corrected chi connectivity index (χ2v) is 7.23. The van der Waals surface area contributed by atoms with E-state index in [4.69, 9.17) is 20.8 Å². The van der Waals surface area contributed by atoms with Gasteiger partial charge in [0.05, 0.1) is 5.69 Å². The number of amides is 1. The molecule has 1 N–H and O–H groups in total. The van der Waals surface area contributed by atoms with Crippen LogP contribution in [-0.2, 0) is 14.3 Å². The monoisotopic (exact) mass is 487 g/mol. The number of hydrogen-bond acceptors (Lipinski definition) is 5. The summed E-state index contributed by atoms with van der Waals surface area (Å²) in [5, 5.41) is 2.93. The summed E-state index contributed by atoms with van der Waals surface area (Å²) in [4.78, 5) is 36.8. The summed E-state index contributed by atoms with van der Waals surface area (Å²) in [7, 11) is 0. The number of carbonyl (C=O) groups excluding carboxylic acids is 3. The lowest BCUT2D eigenvalue weighted by Crippen LogP contribution is -2.21. The van der Waals surface area contributed by atoms with Crippen LogP contribution >= 0.6 is 27.5 Å². The quantitative estimate of drug-likeness (QED) is 0.283. The summed E-state index contributed by atoms with van der Waals surface area (Å²) in [6.07, 6.45) is 2.56. The summed E-state index contributed by atoms with van der Waals surface area (Å²) in [5.74, 6) is -1.15. The molecule has 30 heavy (non-hydrogen) atoms. The number of anilines is 1. The molecular weight excluding hydrogens is 474 g/mol. The molecule has 3 rings (SSSR count). The predicted octanol–water partition coefficient (Wildman–Crippen LogP) is 5.12. The number of furan rings is 1. The van der Waals surface area contributed by atoms with Crippen molar-refractivity contribution in [3.05, 3.63) is 93.3 Å². The van der Waals surface area contributed by atoms with Crippen LogP contribution in [-0.4, -0.2) is 24.3 Å². The number of ether oxygens (including phenoxy) is 1. The van der Waals surface area contributed by atoms with Crippen LogP contribution in [0.25, 0.3) is 6.08 Å². The van der Waals surface area contributed by atoms with Crippen LogP contribution in [0, 0.1) is 0 Å². The topological polar surface area (TPSA) is 85.6 Å². The number of benzene rings is 2. The van der Waals surface area contributed by atoms with Crippen LogP contribution in [0.15, 0.2) is 75.8 Å². The van der Waals surface area contributed by atoms with Gasteiger partial charge < -0.3 is 14.5 Å². The number of hydrogen-bond donors (Lipinski definition) is 1. The summed E-state index contributed by atoms with van der Waals surface area (Å²) in [5.41, 5.74) is 0.957. The molecule has 8 heteroatoms. The van der Waals surface area contributed by atoms with Crippen molar-refractivity contribution < 1.29 is 23.5 Å². The highest BCUT2D eigenvalue weighted by Gasteiger charge is 2.16. The summed E-state index contributed by atoms with van der Waals surface area (Å²) in [6, 6.07) is 16.5. The molecule has 0 radical (unpaired) electrons. The van der Waals surface area contributed by atoms with Gasteiger partial charge in [0.2, 0.25) is 0 Å². The summed E-state index contributed by atoms with van der Waals surface area (Å²) in [6.45, 7) is -0.521. The van der Waals surface area contributed by atoms with Gasteiger partial charge in [-0.1, -0.05) is 41.9 Å². The van der Waals surface area contributed by atoms with Crippen LogP contribution in [0.3, 0.4) is 0 Å². The van der Waals surface area contributed by atoms with Gasteiger partial charge in [0, 0.05) is 22.2 Å². The Balaban J connectivity index is 1.63.